The number of thioether (sulfide) groups is 1. The Hall–Kier alpha value is -0.260. The molecule has 0 aromatic carbocycles. The van der Waals surface area contributed by atoms with Gasteiger partial charge in [-0.2, -0.15) is 11.8 Å². The molecule has 4 nitrogen and oxygen atoms in total. The van der Waals surface area contributed by atoms with Crippen molar-refractivity contribution in [3.63, 3.8) is 0 Å². The lowest BCUT2D eigenvalue weighted by molar-refractivity contribution is -0.119. The van der Waals surface area contributed by atoms with Crippen LogP contribution < -0.4 is 10.6 Å². The number of rotatable bonds is 5. The molecule has 1 aliphatic heterocycles. The Morgan fingerprint density at radius 3 is 2.30 bits per heavy atom. The van der Waals surface area contributed by atoms with Gasteiger partial charge in [0.1, 0.15) is 0 Å². The molecule has 0 unspecified atom stereocenters. The molecule has 0 atom stereocenters. The monoisotopic (exact) mass is 339 g/mol. The lowest BCUT2D eigenvalue weighted by atomic mass is 9.89. The first-order valence-electron chi connectivity index (χ1n) is 9.51. The van der Waals surface area contributed by atoms with E-state index in [1.165, 1.54) is 69.7 Å². The number of carbonyl (C=O) groups is 1. The molecule has 1 heterocycles. The molecule has 2 aliphatic carbocycles. The van der Waals surface area contributed by atoms with Crippen LogP contribution in [-0.2, 0) is 4.79 Å². The fraction of sp³-hybridized carbons (Fsp3) is 0.944. The van der Waals surface area contributed by atoms with Crippen LogP contribution >= 0.6 is 11.8 Å². The van der Waals surface area contributed by atoms with Crippen LogP contribution in [0.25, 0.3) is 0 Å². The lowest BCUT2D eigenvalue weighted by Crippen LogP contribution is -2.57. The summed E-state index contributed by atoms with van der Waals surface area (Å²) in [4.78, 5) is 14.0. The van der Waals surface area contributed by atoms with Gasteiger partial charge in [-0.3, -0.25) is 9.69 Å². The van der Waals surface area contributed by atoms with Crippen molar-refractivity contribution in [2.24, 2.45) is 0 Å². The number of nitrogens with one attached hydrogen (secondary N) is 2. The third-order valence-corrected chi connectivity index (χ3v) is 7.01. The van der Waals surface area contributed by atoms with Gasteiger partial charge in [-0.25, -0.2) is 0 Å². The largest absolute Gasteiger partial charge is 0.354 e. The molecule has 0 bridgehead atoms. The summed E-state index contributed by atoms with van der Waals surface area (Å²) in [7, 11) is 0. The predicted octanol–water partition coefficient (Wildman–Crippen LogP) is 2.38. The first-order valence-corrected chi connectivity index (χ1v) is 10.7. The Balaban J connectivity index is 1.47. The molecule has 0 radical (unpaired) electrons. The van der Waals surface area contributed by atoms with Gasteiger partial charge in [-0.1, -0.05) is 12.8 Å². The second-order valence-electron chi connectivity index (χ2n) is 7.66. The summed E-state index contributed by atoms with van der Waals surface area (Å²) in [6, 6.07) is 1.06. The quantitative estimate of drug-likeness (QED) is 0.807. The number of amides is 1. The van der Waals surface area contributed by atoms with E-state index in [2.05, 4.69) is 27.3 Å². The van der Waals surface area contributed by atoms with Crippen LogP contribution in [0.1, 0.15) is 58.3 Å². The minimum absolute atomic E-state index is 0.120. The molecular formula is C18H33N3OS. The molecule has 3 aliphatic rings. The zero-order valence-corrected chi connectivity index (χ0v) is 15.4. The van der Waals surface area contributed by atoms with Gasteiger partial charge in [-0.15, -0.1) is 0 Å². The first-order chi connectivity index (χ1) is 11.2. The third-order valence-electron chi connectivity index (χ3n) is 6.07. The highest BCUT2D eigenvalue weighted by Crippen LogP contribution is 2.36. The van der Waals surface area contributed by atoms with E-state index in [1.54, 1.807) is 6.92 Å². The summed E-state index contributed by atoms with van der Waals surface area (Å²) in [5.41, 5.74) is 0.440. The van der Waals surface area contributed by atoms with Crippen LogP contribution in [0.15, 0.2) is 0 Å². The van der Waals surface area contributed by atoms with E-state index in [9.17, 15) is 4.79 Å². The predicted molar refractivity (Wildman–Crippen MR) is 98.0 cm³/mol. The molecule has 5 heteroatoms. The van der Waals surface area contributed by atoms with Crippen molar-refractivity contribution in [1.29, 1.82) is 0 Å². The Bertz CT molecular complexity index is 384. The van der Waals surface area contributed by atoms with Crippen LogP contribution in [0.2, 0.25) is 0 Å². The molecule has 0 spiro atoms. The summed E-state index contributed by atoms with van der Waals surface area (Å²) in [5.74, 6) is 2.74. The highest BCUT2D eigenvalue weighted by molar-refractivity contribution is 7.99. The van der Waals surface area contributed by atoms with Crippen molar-refractivity contribution in [3.8, 4) is 0 Å². The molecule has 2 N–H and O–H groups in total. The van der Waals surface area contributed by atoms with E-state index in [0.29, 0.717) is 17.6 Å². The van der Waals surface area contributed by atoms with Crippen LogP contribution in [0.5, 0.6) is 0 Å². The molecule has 23 heavy (non-hydrogen) atoms. The summed E-state index contributed by atoms with van der Waals surface area (Å²) in [6.45, 7) is 5.36. The topological polar surface area (TPSA) is 44.4 Å². The van der Waals surface area contributed by atoms with Gasteiger partial charge in [0, 0.05) is 55.7 Å². The molecular weight excluding hydrogens is 306 g/mol. The SMILES string of the molecule is CC(=O)NC1CCC(NCC2(N3CCSCC3)CCCC2)CC1. The lowest BCUT2D eigenvalue weighted by Gasteiger charge is -2.44. The minimum Gasteiger partial charge on any atom is -0.354 e. The standard InChI is InChI=1S/C18H33N3OS/c1-15(22)20-17-6-4-16(5-7-17)19-14-18(8-2-3-9-18)21-10-12-23-13-11-21/h16-17,19H,2-14H2,1H3,(H,20,22). The van der Waals surface area contributed by atoms with E-state index >= 15 is 0 Å². The molecule has 2 saturated carbocycles. The summed E-state index contributed by atoms with van der Waals surface area (Å²) >= 11 is 2.11. The van der Waals surface area contributed by atoms with Gasteiger partial charge in [0.2, 0.25) is 5.91 Å². The van der Waals surface area contributed by atoms with Crippen molar-refractivity contribution in [1.82, 2.24) is 15.5 Å². The van der Waals surface area contributed by atoms with Gasteiger partial charge in [0.25, 0.3) is 0 Å². The van der Waals surface area contributed by atoms with Gasteiger partial charge in [0.05, 0.1) is 0 Å². The Morgan fingerprint density at radius 1 is 1.09 bits per heavy atom. The van der Waals surface area contributed by atoms with Gasteiger partial charge in [-0.05, 0) is 38.5 Å². The van der Waals surface area contributed by atoms with E-state index in [-0.39, 0.29) is 5.91 Å². The van der Waals surface area contributed by atoms with Gasteiger partial charge < -0.3 is 10.6 Å². The maximum Gasteiger partial charge on any atom is 0.217 e. The number of carbonyl (C=O) groups excluding carboxylic acids is 1. The zero-order chi connectivity index (χ0) is 16.1. The van der Waals surface area contributed by atoms with Crippen molar-refractivity contribution in [2.45, 2.75) is 75.9 Å². The van der Waals surface area contributed by atoms with E-state index in [1.807, 2.05) is 0 Å². The van der Waals surface area contributed by atoms with E-state index in [0.717, 1.165) is 12.8 Å². The Labute approximate surface area is 145 Å². The molecule has 132 valence electrons. The van der Waals surface area contributed by atoms with Gasteiger partial charge >= 0.3 is 0 Å². The minimum atomic E-state index is 0.120. The molecule has 1 amide bonds. The smallest absolute Gasteiger partial charge is 0.217 e. The van der Waals surface area contributed by atoms with Crippen LogP contribution in [0.4, 0.5) is 0 Å². The molecule has 0 aromatic heterocycles. The maximum absolute atomic E-state index is 11.2. The van der Waals surface area contributed by atoms with Crippen LogP contribution in [0, 0.1) is 0 Å². The first kappa shape index (κ1) is 17.6. The van der Waals surface area contributed by atoms with Crippen LogP contribution in [0.3, 0.4) is 0 Å². The highest BCUT2D eigenvalue weighted by atomic mass is 32.2. The van der Waals surface area contributed by atoms with Crippen LogP contribution in [-0.4, -0.2) is 59.6 Å². The van der Waals surface area contributed by atoms with E-state index < -0.39 is 0 Å². The fourth-order valence-corrected chi connectivity index (χ4v) is 5.64. The van der Waals surface area contributed by atoms with Crippen molar-refractivity contribution >= 4 is 17.7 Å². The molecule has 3 fully saturated rings. The summed E-state index contributed by atoms with van der Waals surface area (Å²) < 4.78 is 0. The Kier molecular flexibility index (Phi) is 6.27. The van der Waals surface area contributed by atoms with Crippen molar-refractivity contribution in [3.05, 3.63) is 0 Å². The Morgan fingerprint density at radius 2 is 1.70 bits per heavy atom. The summed E-state index contributed by atoms with van der Waals surface area (Å²) in [6.07, 6.45) is 10.2. The molecule has 0 aromatic rings. The van der Waals surface area contributed by atoms with Crippen molar-refractivity contribution < 1.29 is 4.79 Å². The average molecular weight is 340 g/mol. The third kappa shape index (κ3) is 4.64. The molecule has 3 rings (SSSR count). The van der Waals surface area contributed by atoms with Crippen molar-refractivity contribution in [2.75, 3.05) is 31.1 Å². The zero-order valence-electron chi connectivity index (χ0n) is 14.6. The second kappa shape index (κ2) is 8.21. The average Bonchev–Trinajstić information content (AvgIpc) is 3.05. The molecule has 1 saturated heterocycles. The van der Waals surface area contributed by atoms with E-state index in [4.69, 9.17) is 0 Å². The number of hydrogen-bond donors (Lipinski definition) is 2. The fourth-order valence-electron chi connectivity index (χ4n) is 4.74. The highest BCUT2D eigenvalue weighted by Gasteiger charge is 2.40. The maximum atomic E-state index is 11.2. The number of nitrogens with zero attached hydrogens (tertiary/aromatic N) is 1. The summed E-state index contributed by atoms with van der Waals surface area (Å²) in [5, 5.41) is 7.00. The number of hydrogen-bond acceptors (Lipinski definition) is 4. The second-order valence-corrected chi connectivity index (χ2v) is 8.89. The van der Waals surface area contributed by atoms with Gasteiger partial charge in [0.15, 0.2) is 0 Å². The normalized spacial score (nSPS) is 31.9.